The highest BCUT2D eigenvalue weighted by Gasteiger charge is 2.27. The molecule has 0 radical (unpaired) electrons. The molecule has 3 rings (SSSR count). The quantitative estimate of drug-likeness (QED) is 0.383. The molecule has 0 saturated carbocycles. The van der Waals surface area contributed by atoms with Gasteiger partial charge >= 0.3 is 5.97 Å². The summed E-state index contributed by atoms with van der Waals surface area (Å²) in [7, 11) is 1.08. The van der Waals surface area contributed by atoms with Crippen molar-refractivity contribution >= 4 is 51.2 Å². The maximum absolute atomic E-state index is 12.8. The maximum Gasteiger partial charge on any atom is 0.349 e. The van der Waals surface area contributed by atoms with E-state index in [1.807, 2.05) is 43.3 Å². The highest BCUT2D eigenvalue weighted by molar-refractivity contribution is 7.73. The van der Waals surface area contributed by atoms with Gasteiger partial charge in [-0.05, 0) is 42.3 Å². The lowest BCUT2D eigenvalue weighted by Crippen LogP contribution is -2.11. The van der Waals surface area contributed by atoms with Gasteiger partial charge in [0.05, 0.1) is 17.2 Å². The molecule has 0 bridgehead atoms. The van der Waals surface area contributed by atoms with E-state index in [0.717, 1.165) is 27.3 Å². The van der Waals surface area contributed by atoms with Crippen molar-refractivity contribution in [2.45, 2.75) is 6.92 Å². The lowest BCUT2D eigenvalue weighted by molar-refractivity contribution is 0.0533. The SMILES string of the molecule is CCOC(=O)c1sc(-c2ccc(Cl)cc2)c(N(C)C)c1-c1ccc(N[SH](=O)=O)cc1. The number of carbonyl (C=O) groups excluding carboxylic acids is 1. The summed E-state index contributed by atoms with van der Waals surface area (Å²) in [5.74, 6) is -0.398. The summed E-state index contributed by atoms with van der Waals surface area (Å²) < 4.78 is 29.5. The molecular weight excluding hydrogens is 444 g/mol. The van der Waals surface area contributed by atoms with Crippen molar-refractivity contribution in [3.05, 3.63) is 58.4 Å². The smallest absolute Gasteiger partial charge is 0.349 e. The van der Waals surface area contributed by atoms with Crippen LogP contribution in [0.5, 0.6) is 0 Å². The number of carbonyl (C=O) groups is 1. The Hall–Kier alpha value is -2.55. The van der Waals surface area contributed by atoms with Gasteiger partial charge in [0.1, 0.15) is 4.88 Å². The Morgan fingerprint density at radius 3 is 2.20 bits per heavy atom. The monoisotopic (exact) mass is 464 g/mol. The first-order valence-corrected chi connectivity index (χ1v) is 11.5. The van der Waals surface area contributed by atoms with E-state index >= 15 is 0 Å². The Morgan fingerprint density at radius 1 is 1.07 bits per heavy atom. The van der Waals surface area contributed by atoms with E-state index in [0.29, 0.717) is 15.6 Å². The fourth-order valence-corrected chi connectivity index (χ4v) is 4.86. The van der Waals surface area contributed by atoms with Gasteiger partial charge < -0.3 is 9.64 Å². The van der Waals surface area contributed by atoms with Crippen LogP contribution in [0.4, 0.5) is 11.4 Å². The lowest BCUT2D eigenvalue weighted by atomic mass is 10.0. The van der Waals surface area contributed by atoms with E-state index in [-0.39, 0.29) is 6.61 Å². The molecule has 0 atom stereocenters. The first-order chi connectivity index (χ1) is 14.3. The van der Waals surface area contributed by atoms with Crippen molar-refractivity contribution < 1.29 is 17.9 Å². The number of hydrogen-bond donors (Lipinski definition) is 2. The number of halogens is 1. The van der Waals surface area contributed by atoms with Crippen LogP contribution >= 0.6 is 22.9 Å². The van der Waals surface area contributed by atoms with Crippen molar-refractivity contribution in [3.8, 4) is 21.6 Å². The molecule has 2 aromatic carbocycles. The van der Waals surface area contributed by atoms with Crippen molar-refractivity contribution in [2.24, 2.45) is 0 Å². The van der Waals surface area contributed by atoms with Gasteiger partial charge in [-0.15, -0.1) is 11.3 Å². The van der Waals surface area contributed by atoms with Crippen LogP contribution in [0.25, 0.3) is 21.6 Å². The number of anilines is 2. The van der Waals surface area contributed by atoms with Gasteiger partial charge in [0, 0.05) is 30.4 Å². The van der Waals surface area contributed by atoms with Crippen LogP contribution in [-0.4, -0.2) is 35.1 Å². The Balaban J connectivity index is 2.22. The molecule has 0 aliphatic carbocycles. The zero-order valence-electron chi connectivity index (χ0n) is 16.6. The second-order valence-electron chi connectivity index (χ2n) is 6.55. The molecule has 1 heterocycles. The van der Waals surface area contributed by atoms with Gasteiger partial charge in [-0.2, -0.15) is 0 Å². The van der Waals surface area contributed by atoms with E-state index in [4.69, 9.17) is 16.3 Å². The molecule has 6 nitrogen and oxygen atoms in total. The summed E-state index contributed by atoms with van der Waals surface area (Å²) in [5, 5.41) is 0.632. The number of hydrogen-bond acceptors (Lipinski definition) is 6. The number of rotatable bonds is 7. The fraction of sp³-hybridized carbons (Fsp3) is 0.190. The van der Waals surface area contributed by atoms with E-state index in [9.17, 15) is 13.2 Å². The van der Waals surface area contributed by atoms with Crippen LogP contribution < -0.4 is 9.62 Å². The lowest BCUT2D eigenvalue weighted by Gasteiger charge is -2.17. The predicted molar refractivity (Wildman–Crippen MR) is 124 cm³/mol. The molecular formula is C21H21ClN2O4S2. The first kappa shape index (κ1) is 22.1. The number of benzene rings is 2. The van der Waals surface area contributed by atoms with Crippen LogP contribution in [0.3, 0.4) is 0 Å². The molecule has 1 aromatic heterocycles. The molecule has 0 aliphatic heterocycles. The molecule has 30 heavy (non-hydrogen) atoms. The van der Waals surface area contributed by atoms with Crippen molar-refractivity contribution in [2.75, 3.05) is 30.3 Å². The van der Waals surface area contributed by atoms with Crippen LogP contribution in [0.15, 0.2) is 48.5 Å². The summed E-state index contributed by atoms with van der Waals surface area (Å²) in [5.41, 5.74) is 3.79. The number of thiophene rings is 1. The molecule has 3 aromatic rings. The second-order valence-corrected chi connectivity index (χ2v) is 8.75. The van der Waals surface area contributed by atoms with Gasteiger partial charge in [0.25, 0.3) is 0 Å². The van der Waals surface area contributed by atoms with Crippen LogP contribution in [0, 0.1) is 0 Å². The second kappa shape index (κ2) is 9.51. The number of nitrogens with zero attached hydrogens (tertiary/aromatic N) is 1. The van der Waals surface area contributed by atoms with E-state index in [1.54, 1.807) is 31.2 Å². The molecule has 0 fully saturated rings. The average molecular weight is 465 g/mol. The van der Waals surface area contributed by atoms with E-state index < -0.39 is 16.9 Å². The van der Waals surface area contributed by atoms with Gasteiger partial charge in [0.2, 0.25) is 10.9 Å². The topological polar surface area (TPSA) is 75.7 Å². The molecule has 0 spiro atoms. The predicted octanol–water partition coefficient (Wildman–Crippen LogP) is 4.92. The van der Waals surface area contributed by atoms with Gasteiger partial charge in [-0.1, -0.05) is 35.9 Å². The number of nitrogens with one attached hydrogen (secondary N) is 1. The highest BCUT2D eigenvalue weighted by Crippen LogP contribution is 2.48. The third kappa shape index (κ3) is 4.77. The summed E-state index contributed by atoms with van der Waals surface area (Å²) >= 11 is 7.41. The largest absolute Gasteiger partial charge is 0.462 e. The number of esters is 1. The zero-order chi connectivity index (χ0) is 21.8. The summed E-state index contributed by atoms with van der Waals surface area (Å²) in [6.07, 6.45) is 0. The molecule has 9 heteroatoms. The van der Waals surface area contributed by atoms with Crippen LogP contribution in [0.1, 0.15) is 16.6 Å². The molecule has 0 unspecified atom stereocenters. The van der Waals surface area contributed by atoms with Gasteiger partial charge in [-0.3, -0.25) is 4.72 Å². The van der Waals surface area contributed by atoms with Gasteiger partial charge in [-0.25, -0.2) is 13.2 Å². The summed E-state index contributed by atoms with van der Waals surface area (Å²) in [6, 6.07) is 14.3. The molecule has 0 saturated heterocycles. The summed E-state index contributed by atoms with van der Waals surface area (Å²) in [6.45, 7) is 2.03. The molecule has 158 valence electrons. The molecule has 1 N–H and O–H groups in total. The average Bonchev–Trinajstić information content (AvgIpc) is 3.10. The Bertz CT molecular complexity index is 1110. The Morgan fingerprint density at radius 2 is 1.67 bits per heavy atom. The highest BCUT2D eigenvalue weighted by atomic mass is 35.5. The maximum atomic E-state index is 12.8. The standard InChI is InChI=1S/C21H21ClN2O4S2/c1-4-28-21(25)20-17(13-7-11-16(12-8-13)23-30(26)27)18(24(2)3)19(29-20)14-5-9-15(22)10-6-14/h5-12,30H,4H2,1-3H3,(H,23,26,27). The van der Waals surface area contributed by atoms with Crippen LogP contribution in [-0.2, 0) is 15.6 Å². The van der Waals surface area contributed by atoms with Gasteiger partial charge in [0.15, 0.2) is 0 Å². The molecule has 0 amide bonds. The van der Waals surface area contributed by atoms with Crippen molar-refractivity contribution in [3.63, 3.8) is 0 Å². The Kier molecular flexibility index (Phi) is 7.02. The minimum Gasteiger partial charge on any atom is -0.462 e. The fourth-order valence-electron chi connectivity index (χ4n) is 3.07. The third-order valence-corrected chi connectivity index (χ3v) is 6.19. The van der Waals surface area contributed by atoms with E-state index in [1.165, 1.54) is 11.3 Å². The molecule has 0 aliphatic rings. The zero-order valence-corrected chi connectivity index (χ0v) is 19.1. The first-order valence-electron chi connectivity index (χ1n) is 9.10. The van der Waals surface area contributed by atoms with E-state index in [2.05, 4.69) is 4.72 Å². The van der Waals surface area contributed by atoms with Crippen LogP contribution in [0.2, 0.25) is 5.02 Å². The van der Waals surface area contributed by atoms with Crippen molar-refractivity contribution in [1.29, 1.82) is 0 Å². The Labute approximate surface area is 186 Å². The number of thiol groups is 1. The summed E-state index contributed by atoms with van der Waals surface area (Å²) in [4.78, 5) is 16.1. The third-order valence-electron chi connectivity index (χ3n) is 4.29. The minimum atomic E-state index is -2.75. The van der Waals surface area contributed by atoms with Crippen molar-refractivity contribution in [1.82, 2.24) is 0 Å². The normalized spacial score (nSPS) is 10.8. The number of ether oxygens (including phenoxy) is 1. The minimum absolute atomic E-state index is 0.267.